The first-order valence-corrected chi connectivity index (χ1v) is 12.9. The van der Waals surface area contributed by atoms with Crippen LogP contribution in [0.3, 0.4) is 0 Å². The molecule has 0 N–H and O–H groups in total. The fourth-order valence-corrected chi connectivity index (χ4v) is 5.88. The minimum absolute atomic E-state index is 0.0422. The van der Waals surface area contributed by atoms with Gasteiger partial charge in [-0.3, -0.25) is 4.79 Å². The first-order valence-electron chi connectivity index (χ1n) is 10.7. The fraction of sp³-hybridized carbons (Fsp3) is 0.200. The van der Waals surface area contributed by atoms with Crippen molar-refractivity contribution in [2.45, 2.75) is 11.8 Å². The number of ether oxygens (including phenoxy) is 1. The molecule has 0 radical (unpaired) electrons. The average molecular weight is 530 g/mol. The van der Waals surface area contributed by atoms with Crippen molar-refractivity contribution in [3.05, 3.63) is 87.4 Å². The summed E-state index contributed by atoms with van der Waals surface area (Å²) >= 11 is 12.1. The maximum absolute atomic E-state index is 13.6. The summed E-state index contributed by atoms with van der Waals surface area (Å²) in [6.07, 6.45) is 0. The quantitative estimate of drug-likeness (QED) is 0.457. The molecule has 0 spiro atoms. The number of piperazine rings is 1. The molecule has 0 saturated carbocycles. The van der Waals surface area contributed by atoms with Crippen molar-refractivity contribution in [1.29, 1.82) is 5.26 Å². The van der Waals surface area contributed by atoms with Crippen LogP contribution in [0, 0.1) is 18.3 Å². The van der Waals surface area contributed by atoms with E-state index in [9.17, 15) is 18.5 Å². The number of carbonyl (C=O) groups is 1. The number of sulfonamides is 1. The van der Waals surface area contributed by atoms with E-state index in [0.717, 1.165) is 5.56 Å². The highest BCUT2D eigenvalue weighted by atomic mass is 35.5. The van der Waals surface area contributed by atoms with Crippen LogP contribution in [0.5, 0.6) is 11.5 Å². The van der Waals surface area contributed by atoms with E-state index >= 15 is 0 Å². The van der Waals surface area contributed by atoms with Gasteiger partial charge in [-0.25, -0.2) is 8.42 Å². The summed E-state index contributed by atoms with van der Waals surface area (Å²) in [4.78, 5) is 14.3. The standard InChI is InChI=1S/C25H21Cl2N3O4S/c1-17-3-2-4-19(11-17)25(31)29-7-9-30(10-8-29)35(32,33)24-12-18(16-28)5-6-23(24)34-22-14-20(26)13-21(27)15-22/h2-6,11-15H,7-10H2,1H3. The van der Waals surface area contributed by atoms with Crippen LogP contribution in [0.4, 0.5) is 0 Å². The maximum atomic E-state index is 13.6. The monoisotopic (exact) mass is 529 g/mol. The molecule has 1 amide bonds. The van der Waals surface area contributed by atoms with Gasteiger partial charge in [0.05, 0.1) is 11.6 Å². The van der Waals surface area contributed by atoms with E-state index in [-0.39, 0.29) is 54.0 Å². The summed E-state index contributed by atoms with van der Waals surface area (Å²) < 4.78 is 34.3. The van der Waals surface area contributed by atoms with Crippen LogP contribution in [0.25, 0.3) is 0 Å². The summed E-state index contributed by atoms with van der Waals surface area (Å²) in [7, 11) is -4.03. The Labute approximate surface area is 214 Å². The van der Waals surface area contributed by atoms with Crippen LogP contribution in [0.2, 0.25) is 10.0 Å². The number of halogens is 2. The zero-order valence-electron chi connectivity index (χ0n) is 18.7. The van der Waals surface area contributed by atoms with Crippen molar-refractivity contribution < 1.29 is 17.9 Å². The minimum atomic E-state index is -4.03. The largest absolute Gasteiger partial charge is 0.456 e. The van der Waals surface area contributed by atoms with Gasteiger partial charge in [0.15, 0.2) is 0 Å². The number of benzene rings is 3. The number of hydrogen-bond acceptors (Lipinski definition) is 5. The molecule has 3 aromatic carbocycles. The fourth-order valence-electron chi connectivity index (χ4n) is 3.81. The maximum Gasteiger partial charge on any atom is 0.253 e. The number of carbonyl (C=O) groups excluding carboxylic acids is 1. The van der Waals surface area contributed by atoms with Gasteiger partial charge < -0.3 is 9.64 Å². The van der Waals surface area contributed by atoms with E-state index in [2.05, 4.69) is 0 Å². The van der Waals surface area contributed by atoms with Crippen LogP contribution in [0.15, 0.2) is 65.6 Å². The molecule has 10 heteroatoms. The molecule has 3 aromatic rings. The number of rotatable bonds is 5. The number of amides is 1. The molecule has 1 aliphatic heterocycles. The molecule has 0 atom stereocenters. The molecule has 7 nitrogen and oxygen atoms in total. The van der Waals surface area contributed by atoms with Crippen molar-refractivity contribution >= 4 is 39.1 Å². The Morgan fingerprint density at radius 1 is 0.971 bits per heavy atom. The third-order valence-electron chi connectivity index (χ3n) is 5.55. The lowest BCUT2D eigenvalue weighted by molar-refractivity contribution is 0.0697. The molecule has 1 heterocycles. The molecule has 0 bridgehead atoms. The number of aryl methyl sites for hydroxylation is 1. The van der Waals surface area contributed by atoms with Crippen molar-refractivity contribution in [3.63, 3.8) is 0 Å². The molecule has 0 aromatic heterocycles. The Morgan fingerprint density at radius 2 is 1.66 bits per heavy atom. The summed E-state index contributed by atoms with van der Waals surface area (Å²) in [6.45, 7) is 2.61. The molecular formula is C25H21Cl2N3O4S. The normalized spacial score (nSPS) is 14.4. The number of hydrogen-bond donors (Lipinski definition) is 0. The number of nitrogens with zero attached hydrogens (tertiary/aromatic N) is 3. The van der Waals surface area contributed by atoms with E-state index in [1.54, 1.807) is 11.0 Å². The van der Waals surface area contributed by atoms with E-state index in [1.165, 1.54) is 40.7 Å². The van der Waals surface area contributed by atoms with Crippen molar-refractivity contribution in [3.8, 4) is 17.6 Å². The molecular weight excluding hydrogens is 509 g/mol. The second kappa shape index (κ2) is 10.3. The molecule has 1 aliphatic rings. The van der Waals surface area contributed by atoms with Gasteiger partial charge in [-0.2, -0.15) is 9.57 Å². The highest BCUT2D eigenvalue weighted by molar-refractivity contribution is 7.89. The SMILES string of the molecule is Cc1cccc(C(=O)N2CCN(S(=O)(=O)c3cc(C#N)ccc3Oc3cc(Cl)cc(Cl)c3)CC2)c1. The lowest BCUT2D eigenvalue weighted by Crippen LogP contribution is -2.50. The summed E-state index contributed by atoms with van der Waals surface area (Å²) in [5.74, 6) is 0.164. The molecule has 1 saturated heterocycles. The predicted molar refractivity (Wildman–Crippen MR) is 134 cm³/mol. The lowest BCUT2D eigenvalue weighted by Gasteiger charge is -2.34. The number of nitriles is 1. The van der Waals surface area contributed by atoms with Crippen LogP contribution in [-0.2, 0) is 10.0 Å². The van der Waals surface area contributed by atoms with Crippen LogP contribution in [-0.4, -0.2) is 49.7 Å². The Morgan fingerprint density at radius 3 is 2.29 bits per heavy atom. The van der Waals surface area contributed by atoms with Gasteiger partial charge in [-0.05, 0) is 55.5 Å². The zero-order chi connectivity index (χ0) is 25.2. The predicted octanol–water partition coefficient (Wildman–Crippen LogP) is 5.11. The van der Waals surface area contributed by atoms with Crippen molar-refractivity contribution in [2.24, 2.45) is 0 Å². The highest BCUT2D eigenvalue weighted by Gasteiger charge is 2.33. The van der Waals surface area contributed by atoms with E-state index in [0.29, 0.717) is 15.6 Å². The van der Waals surface area contributed by atoms with Gasteiger partial charge in [0.25, 0.3) is 5.91 Å². The topological polar surface area (TPSA) is 90.7 Å². The summed E-state index contributed by atoms with van der Waals surface area (Å²) in [5.41, 5.74) is 1.72. The van der Waals surface area contributed by atoms with Crippen molar-refractivity contribution in [2.75, 3.05) is 26.2 Å². The van der Waals surface area contributed by atoms with Crippen molar-refractivity contribution in [1.82, 2.24) is 9.21 Å². The highest BCUT2D eigenvalue weighted by Crippen LogP contribution is 2.34. The van der Waals surface area contributed by atoms with E-state index in [4.69, 9.17) is 27.9 Å². The van der Waals surface area contributed by atoms with Crippen LogP contribution < -0.4 is 4.74 Å². The minimum Gasteiger partial charge on any atom is -0.456 e. The molecule has 180 valence electrons. The average Bonchev–Trinajstić information content (AvgIpc) is 2.83. The van der Waals surface area contributed by atoms with Gasteiger partial charge in [0, 0.05) is 41.8 Å². The summed E-state index contributed by atoms with van der Waals surface area (Å²) in [6, 6.07) is 18.0. The summed E-state index contributed by atoms with van der Waals surface area (Å²) in [5, 5.41) is 10.0. The Balaban J connectivity index is 1.57. The van der Waals surface area contributed by atoms with Crippen LogP contribution in [0.1, 0.15) is 21.5 Å². The van der Waals surface area contributed by atoms with Gasteiger partial charge in [0.2, 0.25) is 10.0 Å². The van der Waals surface area contributed by atoms with Gasteiger partial charge in [-0.1, -0.05) is 40.9 Å². The first kappa shape index (κ1) is 25.0. The van der Waals surface area contributed by atoms with E-state index in [1.807, 2.05) is 31.2 Å². The third-order valence-corrected chi connectivity index (χ3v) is 7.90. The smallest absolute Gasteiger partial charge is 0.253 e. The molecule has 1 fully saturated rings. The first-order chi connectivity index (χ1) is 16.7. The zero-order valence-corrected chi connectivity index (χ0v) is 21.1. The van der Waals surface area contributed by atoms with E-state index < -0.39 is 10.0 Å². The van der Waals surface area contributed by atoms with Gasteiger partial charge in [0.1, 0.15) is 16.4 Å². The van der Waals surface area contributed by atoms with Gasteiger partial charge >= 0.3 is 0 Å². The van der Waals surface area contributed by atoms with Gasteiger partial charge in [-0.15, -0.1) is 0 Å². The lowest BCUT2D eigenvalue weighted by atomic mass is 10.1. The molecule has 0 unspecified atom stereocenters. The third kappa shape index (κ3) is 5.60. The molecule has 35 heavy (non-hydrogen) atoms. The Hall–Kier alpha value is -3.09. The molecule has 0 aliphatic carbocycles. The second-order valence-corrected chi connectivity index (χ2v) is 10.8. The Bertz CT molecular complexity index is 1410. The van der Waals surface area contributed by atoms with Crippen LogP contribution >= 0.6 is 23.2 Å². The Kier molecular flexibility index (Phi) is 7.33. The molecule has 4 rings (SSSR count). The second-order valence-electron chi connectivity index (χ2n) is 8.05.